The Kier molecular flexibility index (Phi) is 18.3. The van der Waals surface area contributed by atoms with Crippen LogP contribution in [0.4, 0.5) is 10.5 Å². The highest BCUT2D eigenvalue weighted by Gasteiger charge is 2.44. The van der Waals surface area contributed by atoms with Crippen LogP contribution >= 0.6 is 0 Å². The monoisotopic (exact) mass is 454 g/mol. The third-order valence-corrected chi connectivity index (χ3v) is 4.30. The highest BCUT2D eigenvalue weighted by atomic mass is 16.3. The van der Waals surface area contributed by atoms with Crippen LogP contribution in [0.25, 0.3) is 0 Å². The summed E-state index contributed by atoms with van der Waals surface area (Å²) in [5.74, 6) is -0.741. The molecule has 1 aromatic rings. The van der Waals surface area contributed by atoms with Crippen LogP contribution in [0.3, 0.4) is 0 Å². The standard InChI is InChI=1S/C15H18N2O4.C4H10N2O.C2H6.CH4O/c18-9-11-2-4-12(5-3-11)17-13(20)8-16-14(21)15(10-19)6-1-7-15;1-2-3-6-4(5)7;2*1-2/h2-5,10,18H,1,6-9H2,(H,16,21)(H,17,20);2-3H2,1H3,(H3,5,6,7);1-2H3;2H,1H3. The molecule has 2 rings (SSSR count). The molecule has 0 unspecified atom stereocenters. The number of nitrogens with two attached hydrogens (primary N) is 1. The highest BCUT2D eigenvalue weighted by molar-refractivity contribution is 6.00. The topological polar surface area (TPSA) is 171 Å². The number of hydrogen-bond donors (Lipinski definition) is 6. The summed E-state index contributed by atoms with van der Waals surface area (Å²) in [5, 5.41) is 23.5. The molecule has 7 N–H and O–H groups in total. The van der Waals surface area contributed by atoms with E-state index in [0.717, 1.165) is 25.5 Å². The first-order valence-corrected chi connectivity index (χ1v) is 10.6. The quantitative estimate of drug-likeness (QED) is 0.255. The van der Waals surface area contributed by atoms with Crippen molar-refractivity contribution in [3.8, 4) is 0 Å². The van der Waals surface area contributed by atoms with Crippen LogP contribution in [-0.2, 0) is 21.0 Å². The maximum Gasteiger partial charge on any atom is 0.312 e. The van der Waals surface area contributed by atoms with Gasteiger partial charge in [0.25, 0.3) is 0 Å². The minimum Gasteiger partial charge on any atom is -0.400 e. The van der Waals surface area contributed by atoms with E-state index in [2.05, 4.69) is 16.0 Å². The van der Waals surface area contributed by atoms with Crippen molar-refractivity contribution in [2.75, 3.05) is 25.5 Å². The molecular formula is C22H38N4O6. The predicted octanol–water partition coefficient (Wildman–Crippen LogP) is 1.30. The fraction of sp³-hybridized carbons (Fsp3) is 0.545. The molecule has 10 nitrogen and oxygen atoms in total. The van der Waals surface area contributed by atoms with E-state index in [0.29, 0.717) is 31.4 Å². The number of carbonyl (C=O) groups is 4. The summed E-state index contributed by atoms with van der Waals surface area (Å²) in [6.07, 6.45) is 3.56. The number of aliphatic hydroxyl groups is 2. The summed E-state index contributed by atoms with van der Waals surface area (Å²) in [5.41, 5.74) is 5.13. The summed E-state index contributed by atoms with van der Waals surface area (Å²) in [6.45, 7) is 6.42. The molecule has 1 aromatic carbocycles. The van der Waals surface area contributed by atoms with Gasteiger partial charge < -0.3 is 36.7 Å². The Hall–Kier alpha value is -2.98. The van der Waals surface area contributed by atoms with Gasteiger partial charge in [-0.25, -0.2) is 4.79 Å². The van der Waals surface area contributed by atoms with Crippen LogP contribution < -0.4 is 21.7 Å². The molecule has 182 valence electrons. The number of carbonyl (C=O) groups excluding carboxylic acids is 4. The predicted molar refractivity (Wildman–Crippen MR) is 124 cm³/mol. The molecule has 0 saturated heterocycles. The van der Waals surface area contributed by atoms with Crippen LogP contribution in [0.5, 0.6) is 0 Å². The number of rotatable bonds is 8. The van der Waals surface area contributed by atoms with E-state index < -0.39 is 11.4 Å². The second-order valence-electron chi connectivity index (χ2n) is 6.50. The molecule has 0 aromatic heterocycles. The third kappa shape index (κ3) is 12.0. The van der Waals surface area contributed by atoms with Gasteiger partial charge in [0.15, 0.2) is 0 Å². The normalized spacial score (nSPS) is 12.4. The number of aldehydes is 1. The lowest BCUT2D eigenvalue weighted by molar-refractivity contribution is -0.142. The van der Waals surface area contributed by atoms with Gasteiger partial charge >= 0.3 is 6.03 Å². The Morgan fingerprint density at radius 2 is 1.66 bits per heavy atom. The lowest BCUT2D eigenvalue weighted by Gasteiger charge is -2.34. The van der Waals surface area contributed by atoms with Crippen LogP contribution in [0, 0.1) is 5.41 Å². The minimum absolute atomic E-state index is 0.0575. The maximum atomic E-state index is 11.9. The SMILES string of the molecule is CC.CCCNC(N)=O.CO.O=CC1(C(=O)NCC(=O)Nc2ccc(CO)cc2)CCC1. The van der Waals surface area contributed by atoms with Crippen molar-refractivity contribution in [3.05, 3.63) is 29.8 Å². The Morgan fingerprint density at radius 1 is 1.09 bits per heavy atom. The van der Waals surface area contributed by atoms with Gasteiger partial charge in [-0.15, -0.1) is 0 Å². The van der Waals surface area contributed by atoms with E-state index in [1.807, 2.05) is 20.8 Å². The van der Waals surface area contributed by atoms with Gasteiger partial charge in [-0.3, -0.25) is 9.59 Å². The Morgan fingerprint density at radius 3 is 2.00 bits per heavy atom. The van der Waals surface area contributed by atoms with Crippen LogP contribution in [0.15, 0.2) is 24.3 Å². The molecule has 0 radical (unpaired) electrons. The maximum absolute atomic E-state index is 11.9. The average Bonchev–Trinajstić information content (AvgIpc) is 2.79. The van der Waals surface area contributed by atoms with E-state index in [-0.39, 0.29) is 25.0 Å². The molecule has 1 fully saturated rings. The van der Waals surface area contributed by atoms with Crippen molar-refractivity contribution in [1.29, 1.82) is 0 Å². The summed E-state index contributed by atoms with van der Waals surface area (Å²) >= 11 is 0. The van der Waals surface area contributed by atoms with Crippen LogP contribution in [0.2, 0.25) is 0 Å². The van der Waals surface area contributed by atoms with Gasteiger partial charge in [0.2, 0.25) is 11.8 Å². The minimum atomic E-state index is -0.928. The number of anilines is 1. The molecule has 1 aliphatic rings. The zero-order valence-corrected chi connectivity index (χ0v) is 19.4. The summed E-state index contributed by atoms with van der Waals surface area (Å²) in [6, 6.07) is 6.30. The summed E-state index contributed by atoms with van der Waals surface area (Å²) < 4.78 is 0. The first-order valence-electron chi connectivity index (χ1n) is 10.6. The molecule has 0 atom stereocenters. The Bertz CT molecular complexity index is 676. The van der Waals surface area contributed by atoms with Crippen LogP contribution in [0.1, 0.15) is 52.0 Å². The van der Waals surface area contributed by atoms with E-state index in [4.69, 9.17) is 15.9 Å². The lowest BCUT2D eigenvalue weighted by atomic mass is 9.69. The van der Waals surface area contributed by atoms with Crippen molar-refractivity contribution in [1.82, 2.24) is 10.6 Å². The number of hydrogen-bond acceptors (Lipinski definition) is 6. The fourth-order valence-electron chi connectivity index (χ4n) is 2.44. The molecule has 10 heteroatoms. The van der Waals surface area contributed by atoms with Crippen molar-refractivity contribution in [2.24, 2.45) is 11.1 Å². The fourth-order valence-corrected chi connectivity index (χ4v) is 2.44. The molecule has 32 heavy (non-hydrogen) atoms. The second kappa shape index (κ2) is 18.8. The highest BCUT2D eigenvalue weighted by Crippen LogP contribution is 2.38. The van der Waals surface area contributed by atoms with Crippen LogP contribution in [-0.4, -0.2) is 54.5 Å². The molecule has 1 aliphatic carbocycles. The number of primary amides is 1. The molecule has 0 spiro atoms. The molecule has 0 aliphatic heterocycles. The van der Waals surface area contributed by atoms with E-state index in [1.165, 1.54) is 0 Å². The molecule has 0 heterocycles. The van der Waals surface area contributed by atoms with Gasteiger partial charge in [0.05, 0.1) is 13.2 Å². The van der Waals surface area contributed by atoms with Gasteiger partial charge in [-0.1, -0.05) is 39.3 Å². The lowest BCUT2D eigenvalue weighted by Crippen LogP contribution is -2.48. The van der Waals surface area contributed by atoms with Gasteiger partial charge in [-0.05, 0) is 37.0 Å². The van der Waals surface area contributed by atoms with Gasteiger partial charge in [0.1, 0.15) is 11.7 Å². The molecule has 1 saturated carbocycles. The Labute approximate surface area is 190 Å². The van der Waals surface area contributed by atoms with E-state index in [9.17, 15) is 19.2 Å². The zero-order valence-electron chi connectivity index (χ0n) is 19.4. The van der Waals surface area contributed by atoms with Gasteiger partial charge in [-0.2, -0.15) is 0 Å². The number of aliphatic hydroxyl groups excluding tert-OH is 2. The molecule has 4 amide bonds. The van der Waals surface area contributed by atoms with Crippen molar-refractivity contribution in [3.63, 3.8) is 0 Å². The number of urea groups is 1. The second-order valence-corrected chi connectivity index (χ2v) is 6.50. The molecular weight excluding hydrogens is 416 g/mol. The number of benzene rings is 1. The number of amides is 4. The van der Waals surface area contributed by atoms with E-state index in [1.54, 1.807) is 24.3 Å². The smallest absolute Gasteiger partial charge is 0.312 e. The first-order chi connectivity index (χ1) is 15.4. The van der Waals surface area contributed by atoms with E-state index >= 15 is 0 Å². The summed E-state index contributed by atoms with van der Waals surface area (Å²) in [4.78, 5) is 44.4. The van der Waals surface area contributed by atoms with Crippen molar-refractivity contribution < 1.29 is 29.4 Å². The average molecular weight is 455 g/mol. The van der Waals surface area contributed by atoms with Crippen molar-refractivity contribution in [2.45, 2.75) is 53.1 Å². The van der Waals surface area contributed by atoms with Crippen molar-refractivity contribution >= 4 is 29.8 Å². The largest absolute Gasteiger partial charge is 0.400 e. The Balaban J connectivity index is 0. The van der Waals surface area contributed by atoms with Gasteiger partial charge in [0, 0.05) is 19.3 Å². The zero-order chi connectivity index (χ0) is 25.0. The summed E-state index contributed by atoms with van der Waals surface area (Å²) in [7, 11) is 1.00. The first kappa shape index (κ1) is 31.2. The number of nitrogens with one attached hydrogen (secondary N) is 3. The third-order valence-electron chi connectivity index (χ3n) is 4.30. The molecule has 0 bridgehead atoms.